The molecule has 0 atom stereocenters. The first-order chi connectivity index (χ1) is 10.5. The first kappa shape index (κ1) is 13.9. The van der Waals surface area contributed by atoms with E-state index in [0.29, 0.717) is 11.7 Å². The molecule has 0 unspecified atom stereocenters. The van der Waals surface area contributed by atoms with Crippen LogP contribution in [0, 0.1) is 11.6 Å². The number of anilines is 1. The Balaban J connectivity index is 1.81. The Labute approximate surface area is 122 Å². The Bertz CT molecular complexity index is 917. The van der Waals surface area contributed by atoms with Gasteiger partial charge in [0.05, 0.1) is 5.69 Å². The molecule has 0 bridgehead atoms. The van der Waals surface area contributed by atoms with Crippen molar-refractivity contribution in [3.05, 3.63) is 64.7 Å². The van der Waals surface area contributed by atoms with E-state index < -0.39 is 23.2 Å². The minimum absolute atomic E-state index is 0.164. The highest BCUT2D eigenvalue weighted by Gasteiger charge is 2.12. The molecule has 22 heavy (non-hydrogen) atoms. The average molecular weight is 304 g/mol. The summed E-state index contributed by atoms with van der Waals surface area (Å²) in [6, 6.07) is 7.78. The minimum atomic E-state index is -0.893. The van der Waals surface area contributed by atoms with E-state index in [0.717, 1.165) is 16.8 Å². The molecule has 3 aromatic rings. The molecule has 3 rings (SSSR count). The van der Waals surface area contributed by atoms with Gasteiger partial charge < -0.3 is 5.32 Å². The van der Waals surface area contributed by atoms with Crippen LogP contribution in [0.4, 0.5) is 14.5 Å². The van der Waals surface area contributed by atoms with Crippen molar-refractivity contribution in [1.29, 1.82) is 0 Å². The predicted octanol–water partition coefficient (Wildman–Crippen LogP) is 1.41. The van der Waals surface area contributed by atoms with Crippen LogP contribution in [0.2, 0.25) is 0 Å². The summed E-state index contributed by atoms with van der Waals surface area (Å²) in [7, 11) is 0. The van der Waals surface area contributed by atoms with Gasteiger partial charge in [-0.2, -0.15) is 0 Å². The van der Waals surface area contributed by atoms with E-state index in [1.165, 1.54) is 10.6 Å². The van der Waals surface area contributed by atoms with Crippen LogP contribution < -0.4 is 11.0 Å². The molecule has 2 aromatic heterocycles. The number of pyridine rings is 1. The van der Waals surface area contributed by atoms with Crippen LogP contribution in [0.15, 0.2) is 47.4 Å². The van der Waals surface area contributed by atoms with Crippen LogP contribution in [0.25, 0.3) is 5.65 Å². The largest absolute Gasteiger partial charge is 0.350 e. The van der Waals surface area contributed by atoms with Gasteiger partial charge >= 0.3 is 5.69 Å². The second kappa shape index (κ2) is 5.40. The number of amides is 1. The number of hydrogen-bond donors (Lipinski definition) is 1. The second-order valence-corrected chi connectivity index (χ2v) is 4.54. The number of halogens is 2. The lowest BCUT2D eigenvalue weighted by Gasteiger charge is -2.05. The van der Waals surface area contributed by atoms with Gasteiger partial charge in [-0.1, -0.05) is 6.07 Å². The van der Waals surface area contributed by atoms with Crippen LogP contribution in [-0.2, 0) is 11.3 Å². The van der Waals surface area contributed by atoms with Crippen molar-refractivity contribution >= 4 is 17.2 Å². The Kier molecular flexibility index (Phi) is 3.42. The molecule has 8 heteroatoms. The number of benzene rings is 1. The lowest BCUT2D eigenvalue weighted by Crippen LogP contribution is -2.28. The molecule has 0 aliphatic heterocycles. The summed E-state index contributed by atoms with van der Waals surface area (Å²) in [5.41, 5.74) is -0.248. The lowest BCUT2D eigenvalue weighted by molar-refractivity contribution is -0.117. The number of aromatic nitrogens is 3. The van der Waals surface area contributed by atoms with Crippen molar-refractivity contribution < 1.29 is 13.6 Å². The highest BCUT2D eigenvalue weighted by atomic mass is 19.1. The summed E-state index contributed by atoms with van der Waals surface area (Å²) in [6.45, 7) is -0.378. The van der Waals surface area contributed by atoms with Gasteiger partial charge in [0, 0.05) is 12.3 Å². The van der Waals surface area contributed by atoms with Crippen molar-refractivity contribution in [2.45, 2.75) is 6.54 Å². The van der Waals surface area contributed by atoms with Gasteiger partial charge in [0.25, 0.3) is 0 Å². The number of nitrogens with zero attached hydrogens (tertiary/aromatic N) is 3. The third kappa shape index (κ3) is 2.58. The Morgan fingerprint density at radius 2 is 2.05 bits per heavy atom. The molecule has 1 aromatic carbocycles. The summed E-state index contributed by atoms with van der Waals surface area (Å²) in [4.78, 5) is 23.9. The number of rotatable bonds is 3. The molecule has 0 saturated carbocycles. The Morgan fingerprint density at radius 1 is 1.23 bits per heavy atom. The fourth-order valence-corrected chi connectivity index (χ4v) is 1.99. The molecule has 0 spiro atoms. The SMILES string of the molecule is O=C(Cn1nc2ccccn2c1=O)Nc1ccc(F)cc1F. The van der Waals surface area contributed by atoms with Crippen LogP contribution in [0.5, 0.6) is 0 Å². The van der Waals surface area contributed by atoms with Crippen molar-refractivity contribution in [3.63, 3.8) is 0 Å². The standard InChI is InChI=1S/C14H10F2N4O2/c15-9-4-5-11(10(16)7-9)17-13(21)8-20-14(22)19-6-2-1-3-12(19)18-20/h1-7H,8H2,(H,17,21). The van der Waals surface area contributed by atoms with Gasteiger partial charge in [0.1, 0.15) is 18.2 Å². The quantitative estimate of drug-likeness (QED) is 0.795. The maximum Gasteiger partial charge on any atom is 0.350 e. The molecule has 1 N–H and O–H groups in total. The first-order valence-corrected chi connectivity index (χ1v) is 6.34. The number of hydrogen-bond acceptors (Lipinski definition) is 3. The van der Waals surface area contributed by atoms with Crippen molar-refractivity contribution in [2.75, 3.05) is 5.32 Å². The molecule has 0 aliphatic rings. The van der Waals surface area contributed by atoms with E-state index in [2.05, 4.69) is 10.4 Å². The van der Waals surface area contributed by atoms with E-state index in [4.69, 9.17) is 0 Å². The van der Waals surface area contributed by atoms with Gasteiger partial charge in [0.15, 0.2) is 5.65 Å². The van der Waals surface area contributed by atoms with Gasteiger partial charge in [-0.25, -0.2) is 18.3 Å². The fraction of sp³-hybridized carbons (Fsp3) is 0.0714. The summed E-state index contributed by atoms with van der Waals surface area (Å²) < 4.78 is 28.5. The van der Waals surface area contributed by atoms with Gasteiger partial charge in [-0.15, -0.1) is 5.10 Å². The number of carbonyl (C=O) groups excluding carboxylic acids is 1. The summed E-state index contributed by atoms with van der Waals surface area (Å²) in [5.74, 6) is -2.28. The summed E-state index contributed by atoms with van der Waals surface area (Å²) in [5, 5.41) is 6.25. The molecule has 2 heterocycles. The highest BCUT2D eigenvalue weighted by Crippen LogP contribution is 2.14. The molecule has 0 saturated heterocycles. The molecule has 0 radical (unpaired) electrons. The smallest absolute Gasteiger partial charge is 0.322 e. The third-order valence-electron chi connectivity index (χ3n) is 2.99. The number of nitrogens with one attached hydrogen (secondary N) is 1. The average Bonchev–Trinajstić information content (AvgIpc) is 2.79. The van der Waals surface area contributed by atoms with Crippen LogP contribution in [0.3, 0.4) is 0 Å². The third-order valence-corrected chi connectivity index (χ3v) is 2.99. The number of fused-ring (bicyclic) bond motifs is 1. The van der Waals surface area contributed by atoms with Gasteiger partial charge in [-0.3, -0.25) is 9.20 Å². The molecule has 6 nitrogen and oxygen atoms in total. The van der Waals surface area contributed by atoms with E-state index in [-0.39, 0.29) is 12.2 Å². The second-order valence-electron chi connectivity index (χ2n) is 4.54. The molecule has 1 amide bonds. The lowest BCUT2D eigenvalue weighted by atomic mass is 10.3. The maximum atomic E-state index is 13.5. The molecular weight excluding hydrogens is 294 g/mol. The molecule has 0 fully saturated rings. The van der Waals surface area contributed by atoms with Gasteiger partial charge in [0.2, 0.25) is 5.91 Å². The molecule has 112 valence electrons. The normalized spacial score (nSPS) is 10.8. The summed E-state index contributed by atoms with van der Waals surface area (Å²) >= 11 is 0. The molecular formula is C14H10F2N4O2. The zero-order valence-corrected chi connectivity index (χ0v) is 11.2. The molecule has 0 aliphatic carbocycles. The van der Waals surface area contributed by atoms with Crippen molar-refractivity contribution in [2.24, 2.45) is 0 Å². The fourth-order valence-electron chi connectivity index (χ4n) is 1.99. The Hall–Kier alpha value is -3.03. The minimum Gasteiger partial charge on any atom is -0.322 e. The topological polar surface area (TPSA) is 68.4 Å². The zero-order chi connectivity index (χ0) is 15.7. The predicted molar refractivity (Wildman–Crippen MR) is 74.4 cm³/mol. The van der Waals surface area contributed by atoms with Crippen LogP contribution in [0.1, 0.15) is 0 Å². The monoisotopic (exact) mass is 304 g/mol. The highest BCUT2D eigenvalue weighted by molar-refractivity contribution is 5.90. The van der Waals surface area contributed by atoms with E-state index in [9.17, 15) is 18.4 Å². The van der Waals surface area contributed by atoms with E-state index in [1.54, 1.807) is 18.2 Å². The van der Waals surface area contributed by atoms with E-state index in [1.807, 2.05) is 0 Å². The van der Waals surface area contributed by atoms with E-state index >= 15 is 0 Å². The Morgan fingerprint density at radius 3 is 2.77 bits per heavy atom. The van der Waals surface area contributed by atoms with Crippen LogP contribution in [-0.4, -0.2) is 20.1 Å². The summed E-state index contributed by atoms with van der Waals surface area (Å²) in [6.07, 6.45) is 1.53. The maximum absolute atomic E-state index is 13.5. The van der Waals surface area contributed by atoms with Crippen molar-refractivity contribution in [3.8, 4) is 0 Å². The van der Waals surface area contributed by atoms with Gasteiger partial charge in [-0.05, 0) is 24.3 Å². The van der Waals surface area contributed by atoms with Crippen LogP contribution >= 0.6 is 0 Å². The number of carbonyl (C=O) groups is 1. The first-order valence-electron chi connectivity index (χ1n) is 6.34. The van der Waals surface area contributed by atoms with Crippen molar-refractivity contribution in [1.82, 2.24) is 14.2 Å². The zero-order valence-electron chi connectivity index (χ0n) is 11.2.